The Morgan fingerprint density at radius 1 is 1.69 bits per heavy atom. The smallest absolute Gasteiger partial charge is 0.0656 e. The van der Waals surface area contributed by atoms with Crippen molar-refractivity contribution in [3.63, 3.8) is 0 Å². The lowest BCUT2D eigenvalue weighted by Gasteiger charge is -2.06. The summed E-state index contributed by atoms with van der Waals surface area (Å²) in [6.45, 7) is 3.61. The van der Waals surface area contributed by atoms with E-state index < -0.39 is 0 Å². The highest BCUT2D eigenvalue weighted by atomic mass is 16.5. The maximum Gasteiger partial charge on any atom is 0.0656 e. The molecule has 0 aromatic carbocycles. The third-order valence-electron chi connectivity index (χ3n) is 1.88. The van der Waals surface area contributed by atoms with Gasteiger partial charge >= 0.3 is 0 Å². The monoisotopic (exact) mass is 183 g/mol. The van der Waals surface area contributed by atoms with Crippen molar-refractivity contribution >= 4 is 0 Å². The Morgan fingerprint density at radius 3 is 3.08 bits per heavy atom. The zero-order valence-corrected chi connectivity index (χ0v) is 8.23. The molecule has 0 saturated heterocycles. The summed E-state index contributed by atoms with van der Waals surface area (Å²) in [6.07, 6.45) is 4.87. The first-order chi connectivity index (χ1) is 6.27. The van der Waals surface area contributed by atoms with E-state index in [0.29, 0.717) is 6.61 Å². The van der Waals surface area contributed by atoms with Crippen LogP contribution in [0.25, 0.3) is 0 Å². The third kappa shape index (κ3) is 2.82. The first kappa shape index (κ1) is 10.2. The molecule has 1 rings (SSSR count). The summed E-state index contributed by atoms with van der Waals surface area (Å²) in [4.78, 5) is 0. The van der Waals surface area contributed by atoms with Gasteiger partial charge in [0.15, 0.2) is 0 Å². The summed E-state index contributed by atoms with van der Waals surface area (Å²) in [5, 5.41) is 4.19. The van der Waals surface area contributed by atoms with Crippen LogP contribution in [0, 0.1) is 0 Å². The molecule has 1 atom stereocenters. The van der Waals surface area contributed by atoms with Crippen LogP contribution in [0.15, 0.2) is 12.4 Å². The van der Waals surface area contributed by atoms with Crippen LogP contribution in [0.3, 0.4) is 0 Å². The molecule has 0 saturated carbocycles. The van der Waals surface area contributed by atoms with Gasteiger partial charge in [0.1, 0.15) is 0 Å². The molecule has 0 fully saturated rings. The average molecular weight is 183 g/mol. The van der Waals surface area contributed by atoms with E-state index in [1.54, 1.807) is 13.3 Å². The van der Waals surface area contributed by atoms with Gasteiger partial charge in [-0.1, -0.05) is 6.92 Å². The van der Waals surface area contributed by atoms with Crippen molar-refractivity contribution in [3.05, 3.63) is 18.0 Å². The second-order valence-corrected chi connectivity index (χ2v) is 3.10. The maximum absolute atomic E-state index is 5.84. The van der Waals surface area contributed by atoms with Crippen molar-refractivity contribution < 1.29 is 4.74 Å². The van der Waals surface area contributed by atoms with Gasteiger partial charge in [0.25, 0.3) is 0 Å². The molecule has 0 aliphatic rings. The minimum absolute atomic E-state index is 0.0596. The lowest BCUT2D eigenvalue weighted by atomic mass is 10.2. The second kappa shape index (κ2) is 4.99. The Labute approximate surface area is 78.7 Å². The Kier molecular flexibility index (Phi) is 3.92. The van der Waals surface area contributed by atoms with Gasteiger partial charge in [0.2, 0.25) is 0 Å². The largest absolute Gasteiger partial charge is 0.383 e. The van der Waals surface area contributed by atoms with Gasteiger partial charge in [0.05, 0.1) is 18.8 Å². The maximum atomic E-state index is 5.84. The van der Waals surface area contributed by atoms with Gasteiger partial charge in [0, 0.05) is 25.4 Å². The minimum Gasteiger partial charge on any atom is -0.383 e. The zero-order chi connectivity index (χ0) is 9.68. The fourth-order valence-electron chi connectivity index (χ4n) is 1.20. The van der Waals surface area contributed by atoms with Gasteiger partial charge in [-0.2, -0.15) is 5.10 Å². The molecule has 0 radical (unpaired) electrons. The predicted octanol–water partition coefficient (Wildman–Crippen LogP) is 0.939. The third-order valence-corrected chi connectivity index (χ3v) is 1.88. The van der Waals surface area contributed by atoms with Gasteiger partial charge < -0.3 is 10.5 Å². The molecule has 74 valence electrons. The van der Waals surface area contributed by atoms with E-state index >= 15 is 0 Å². The lowest BCUT2D eigenvalue weighted by Crippen LogP contribution is -2.15. The quantitative estimate of drug-likeness (QED) is 0.739. The fraction of sp³-hybridized carbons (Fsp3) is 0.667. The molecule has 4 heteroatoms. The number of hydrogen-bond donors (Lipinski definition) is 1. The van der Waals surface area contributed by atoms with Crippen molar-refractivity contribution in [1.29, 1.82) is 0 Å². The number of aryl methyl sites for hydroxylation is 1. The molecule has 1 unspecified atom stereocenters. The number of nitrogens with zero attached hydrogens (tertiary/aromatic N) is 2. The van der Waals surface area contributed by atoms with Crippen LogP contribution in [-0.4, -0.2) is 23.5 Å². The molecular weight excluding hydrogens is 166 g/mol. The van der Waals surface area contributed by atoms with E-state index in [2.05, 4.69) is 12.0 Å². The lowest BCUT2D eigenvalue weighted by molar-refractivity contribution is 0.181. The van der Waals surface area contributed by atoms with Crippen LogP contribution in [-0.2, 0) is 11.3 Å². The summed E-state index contributed by atoms with van der Waals surface area (Å²) in [6, 6.07) is -0.0596. The van der Waals surface area contributed by atoms with Gasteiger partial charge in [-0.25, -0.2) is 0 Å². The topological polar surface area (TPSA) is 53.1 Å². The molecule has 0 amide bonds. The van der Waals surface area contributed by atoms with E-state index in [0.717, 1.165) is 18.5 Å². The molecule has 0 bridgehead atoms. The Morgan fingerprint density at radius 2 is 2.46 bits per heavy atom. The van der Waals surface area contributed by atoms with Gasteiger partial charge in [-0.05, 0) is 6.42 Å². The predicted molar refractivity (Wildman–Crippen MR) is 51.3 cm³/mol. The van der Waals surface area contributed by atoms with Crippen molar-refractivity contribution in [2.75, 3.05) is 13.7 Å². The highest BCUT2D eigenvalue weighted by Gasteiger charge is 2.07. The van der Waals surface area contributed by atoms with Crippen molar-refractivity contribution in [2.24, 2.45) is 5.73 Å². The number of ether oxygens (including phenoxy) is 1. The number of nitrogens with two attached hydrogens (primary N) is 1. The molecule has 1 aromatic rings. The SMILES string of the molecule is CCCn1cc(C(N)COC)cn1. The number of methoxy groups -OCH3 is 1. The standard InChI is InChI=1S/C9H17N3O/c1-3-4-12-6-8(5-11-12)9(10)7-13-2/h5-6,9H,3-4,7,10H2,1-2H3. The molecular formula is C9H17N3O. The Balaban J connectivity index is 2.56. The summed E-state index contributed by atoms with van der Waals surface area (Å²) in [5.41, 5.74) is 6.87. The first-order valence-electron chi connectivity index (χ1n) is 4.54. The van der Waals surface area contributed by atoms with Crippen molar-refractivity contribution in [2.45, 2.75) is 25.9 Å². The molecule has 0 aliphatic heterocycles. The minimum atomic E-state index is -0.0596. The van der Waals surface area contributed by atoms with Crippen LogP contribution in [0.5, 0.6) is 0 Å². The van der Waals surface area contributed by atoms with E-state index in [-0.39, 0.29) is 6.04 Å². The molecule has 1 aromatic heterocycles. The molecule has 13 heavy (non-hydrogen) atoms. The van der Waals surface area contributed by atoms with Crippen molar-refractivity contribution in [1.82, 2.24) is 9.78 Å². The molecule has 0 spiro atoms. The highest BCUT2D eigenvalue weighted by molar-refractivity contribution is 5.09. The average Bonchev–Trinajstić information content (AvgIpc) is 2.54. The summed E-state index contributed by atoms with van der Waals surface area (Å²) >= 11 is 0. The summed E-state index contributed by atoms with van der Waals surface area (Å²) in [7, 11) is 1.65. The van der Waals surface area contributed by atoms with Gasteiger partial charge in [-0.3, -0.25) is 4.68 Å². The first-order valence-corrected chi connectivity index (χ1v) is 4.54. The van der Waals surface area contributed by atoms with E-state index in [1.807, 2.05) is 10.9 Å². The second-order valence-electron chi connectivity index (χ2n) is 3.10. The van der Waals surface area contributed by atoms with Crippen molar-refractivity contribution in [3.8, 4) is 0 Å². The molecule has 1 heterocycles. The van der Waals surface area contributed by atoms with Crippen LogP contribution in [0.4, 0.5) is 0 Å². The Hall–Kier alpha value is -0.870. The molecule has 2 N–H and O–H groups in total. The summed E-state index contributed by atoms with van der Waals surface area (Å²) < 4.78 is 6.87. The Bertz CT molecular complexity index is 247. The number of rotatable bonds is 5. The molecule has 0 aliphatic carbocycles. The van der Waals surface area contributed by atoms with E-state index in [1.165, 1.54) is 0 Å². The van der Waals surface area contributed by atoms with E-state index in [4.69, 9.17) is 10.5 Å². The van der Waals surface area contributed by atoms with Crippen LogP contribution < -0.4 is 5.73 Å². The zero-order valence-electron chi connectivity index (χ0n) is 8.23. The van der Waals surface area contributed by atoms with E-state index in [9.17, 15) is 0 Å². The number of hydrogen-bond acceptors (Lipinski definition) is 3. The van der Waals surface area contributed by atoms with Crippen LogP contribution in [0.1, 0.15) is 24.9 Å². The normalized spacial score (nSPS) is 13.2. The fourth-order valence-corrected chi connectivity index (χ4v) is 1.20. The van der Waals surface area contributed by atoms with Crippen LogP contribution in [0.2, 0.25) is 0 Å². The van der Waals surface area contributed by atoms with Crippen LogP contribution >= 0.6 is 0 Å². The van der Waals surface area contributed by atoms with Gasteiger partial charge in [-0.15, -0.1) is 0 Å². The summed E-state index contributed by atoms with van der Waals surface area (Å²) in [5.74, 6) is 0. The molecule has 4 nitrogen and oxygen atoms in total. The highest BCUT2D eigenvalue weighted by Crippen LogP contribution is 2.08. The number of aromatic nitrogens is 2.